The smallest absolute Gasteiger partial charge is 0.257 e. The van der Waals surface area contributed by atoms with Crippen LogP contribution in [0.4, 0.5) is 5.69 Å². The molecule has 140 valence electrons. The van der Waals surface area contributed by atoms with Crippen molar-refractivity contribution in [1.82, 2.24) is 0 Å². The molecule has 0 radical (unpaired) electrons. The van der Waals surface area contributed by atoms with Crippen LogP contribution in [0.5, 0.6) is 5.75 Å². The standard InChI is InChI=1S/C19H22ClNO4S/c1-4-13(5-2)26(23,24)14-10-11-18(25-3)17(12-14)21-19(22)15-8-6-7-9-16(15)20/h6-13H,4-5H2,1-3H3,(H,21,22). The van der Waals surface area contributed by atoms with Gasteiger partial charge in [0.05, 0.1) is 33.5 Å². The Balaban J connectivity index is 2.42. The molecule has 0 aliphatic carbocycles. The normalized spacial score (nSPS) is 11.4. The molecule has 0 bridgehead atoms. The Morgan fingerprint density at radius 1 is 1.15 bits per heavy atom. The van der Waals surface area contributed by atoms with Crippen molar-refractivity contribution in [2.24, 2.45) is 0 Å². The van der Waals surface area contributed by atoms with Gasteiger partial charge < -0.3 is 10.1 Å². The minimum atomic E-state index is -3.49. The third-order valence-electron chi connectivity index (χ3n) is 4.22. The zero-order valence-electron chi connectivity index (χ0n) is 15.0. The first kappa shape index (κ1) is 20.3. The van der Waals surface area contributed by atoms with E-state index >= 15 is 0 Å². The summed E-state index contributed by atoms with van der Waals surface area (Å²) in [7, 11) is -2.04. The maximum absolute atomic E-state index is 12.8. The summed E-state index contributed by atoms with van der Waals surface area (Å²) >= 11 is 6.05. The Morgan fingerprint density at radius 2 is 1.81 bits per heavy atom. The number of hydrogen-bond acceptors (Lipinski definition) is 4. The van der Waals surface area contributed by atoms with Gasteiger partial charge in [-0.1, -0.05) is 37.6 Å². The first-order chi connectivity index (χ1) is 12.3. The third kappa shape index (κ3) is 4.19. The minimum Gasteiger partial charge on any atom is -0.495 e. The lowest BCUT2D eigenvalue weighted by molar-refractivity contribution is 0.102. The summed E-state index contributed by atoms with van der Waals surface area (Å²) in [6, 6.07) is 11.1. The monoisotopic (exact) mass is 395 g/mol. The molecule has 7 heteroatoms. The highest BCUT2D eigenvalue weighted by Gasteiger charge is 2.25. The topological polar surface area (TPSA) is 72.5 Å². The molecule has 0 saturated carbocycles. The van der Waals surface area contributed by atoms with Crippen molar-refractivity contribution in [1.29, 1.82) is 0 Å². The Morgan fingerprint density at radius 3 is 2.38 bits per heavy atom. The van der Waals surface area contributed by atoms with Crippen LogP contribution in [0.2, 0.25) is 5.02 Å². The Bertz CT molecular complexity index is 892. The molecule has 5 nitrogen and oxygen atoms in total. The average Bonchev–Trinajstić information content (AvgIpc) is 2.62. The van der Waals surface area contributed by atoms with Gasteiger partial charge in [-0.3, -0.25) is 4.79 Å². The molecule has 0 aliphatic heterocycles. The predicted octanol–water partition coefficient (Wildman–Crippen LogP) is 4.56. The molecule has 0 spiro atoms. The van der Waals surface area contributed by atoms with Crippen LogP contribution in [0.15, 0.2) is 47.4 Å². The van der Waals surface area contributed by atoms with Crippen LogP contribution in [0.1, 0.15) is 37.0 Å². The summed E-state index contributed by atoms with van der Waals surface area (Å²) < 4.78 is 30.8. The SMILES string of the molecule is CCC(CC)S(=O)(=O)c1ccc(OC)c(NC(=O)c2ccccc2Cl)c1. The summed E-state index contributed by atoms with van der Waals surface area (Å²) in [6.07, 6.45) is 1.04. The van der Waals surface area contributed by atoms with E-state index in [0.717, 1.165) is 0 Å². The van der Waals surface area contributed by atoms with Crippen molar-refractivity contribution in [3.63, 3.8) is 0 Å². The van der Waals surface area contributed by atoms with Crippen molar-refractivity contribution in [2.75, 3.05) is 12.4 Å². The van der Waals surface area contributed by atoms with Crippen LogP contribution >= 0.6 is 11.6 Å². The number of rotatable bonds is 7. The molecule has 1 N–H and O–H groups in total. The van der Waals surface area contributed by atoms with E-state index in [1.165, 1.54) is 25.3 Å². The molecule has 2 aromatic carbocycles. The van der Waals surface area contributed by atoms with Crippen molar-refractivity contribution >= 4 is 33.0 Å². The quantitative estimate of drug-likeness (QED) is 0.745. The molecule has 0 aromatic heterocycles. The van der Waals surface area contributed by atoms with Crippen LogP contribution in [-0.2, 0) is 9.84 Å². The van der Waals surface area contributed by atoms with Crippen LogP contribution in [0.25, 0.3) is 0 Å². The number of amides is 1. The Kier molecular flexibility index (Phi) is 6.67. The van der Waals surface area contributed by atoms with E-state index in [4.69, 9.17) is 16.3 Å². The molecule has 0 heterocycles. The fourth-order valence-corrected chi connectivity index (χ4v) is 4.74. The van der Waals surface area contributed by atoms with E-state index in [1.54, 1.807) is 24.3 Å². The molecule has 0 unspecified atom stereocenters. The molecule has 1 amide bonds. The van der Waals surface area contributed by atoms with Crippen LogP contribution in [0.3, 0.4) is 0 Å². The van der Waals surface area contributed by atoms with E-state index in [1.807, 2.05) is 13.8 Å². The van der Waals surface area contributed by atoms with Crippen LogP contribution in [-0.4, -0.2) is 26.7 Å². The van der Waals surface area contributed by atoms with Crippen LogP contribution in [0, 0.1) is 0 Å². The Hall–Kier alpha value is -2.05. The molecule has 2 rings (SSSR count). The van der Waals surface area contributed by atoms with Gasteiger partial charge in [0, 0.05) is 0 Å². The largest absolute Gasteiger partial charge is 0.495 e. The van der Waals surface area contributed by atoms with Gasteiger partial charge >= 0.3 is 0 Å². The van der Waals surface area contributed by atoms with Gasteiger partial charge in [-0.15, -0.1) is 0 Å². The highest BCUT2D eigenvalue weighted by molar-refractivity contribution is 7.92. The van der Waals surface area contributed by atoms with Crippen LogP contribution < -0.4 is 10.1 Å². The van der Waals surface area contributed by atoms with Gasteiger partial charge in [-0.2, -0.15) is 0 Å². The van der Waals surface area contributed by atoms with Gasteiger partial charge in [-0.25, -0.2) is 8.42 Å². The maximum Gasteiger partial charge on any atom is 0.257 e. The summed E-state index contributed by atoms with van der Waals surface area (Å²) in [5, 5.41) is 2.53. The zero-order valence-corrected chi connectivity index (χ0v) is 16.5. The number of benzene rings is 2. The van der Waals surface area contributed by atoms with Gasteiger partial charge in [0.15, 0.2) is 9.84 Å². The molecular weight excluding hydrogens is 374 g/mol. The highest BCUT2D eigenvalue weighted by Crippen LogP contribution is 2.31. The highest BCUT2D eigenvalue weighted by atomic mass is 35.5. The van der Waals surface area contributed by atoms with Gasteiger partial charge in [0.25, 0.3) is 5.91 Å². The zero-order chi connectivity index (χ0) is 19.3. The predicted molar refractivity (Wildman–Crippen MR) is 104 cm³/mol. The van der Waals surface area contributed by atoms with Gasteiger partial charge in [0.1, 0.15) is 5.75 Å². The summed E-state index contributed by atoms with van der Waals surface area (Å²) in [6.45, 7) is 3.69. The number of carbonyl (C=O) groups is 1. The van der Waals surface area contributed by atoms with E-state index in [-0.39, 0.29) is 10.6 Å². The summed E-state index contributed by atoms with van der Waals surface area (Å²) in [5.74, 6) is -0.0696. The molecule has 0 atom stereocenters. The van der Waals surface area contributed by atoms with E-state index in [2.05, 4.69) is 5.32 Å². The molecule has 0 aliphatic rings. The Labute approximate surface area is 159 Å². The maximum atomic E-state index is 12.8. The van der Waals surface area contributed by atoms with Gasteiger partial charge in [-0.05, 0) is 43.2 Å². The number of methoxy groups -OCH3 is 1. The number of sulfone groups is 1. The van der Waals surface area contributed by atoms with E-state index in [0.29, 0.717) is 29.2 Å². The number of carbonyl (C=O) groups excluding carboxylic acids is 1. The van der Waals surface area contributed by atoms with Crippen molar-refractivity contribution in [3.8, 4) is 5.75 Å². The molecule has 0 fully saturated rings. The van der Waals surface area contributed by atoms with Crippen molar-refractivity contribution in [2.45, 2.75) is 36.8 Å². The molecule has 2 aromatic rings. The summed E-state index contributed by atoms with van der Waals surface area (Å²) in [4.78, 5) is 12.7. The van der Waals surface area contributed by atoms with Crippen molar-refractivity contribution < 1.29 is 17.9 Å². The second-order valence-electron chi connectivity index (χ2n) is 5.78. The third-order valence-corrected chi connectivity index (χ3v) is 7.00. The van der Waals surface area contributed by atoms with Gasteiger partial charge in [0.2, 0.25) is 0 Å². The first-order valence-electron chi connectivity index (χ1n) is 8.32. The molecule has 0 saturated heterocycles. The van der Waals surface area contributed by atoms with Crippen molar-refractivity contribution in [3.05, 3.63) is 53.1 Å². The number of halogens is 1. The number of ether oxygens (including phenoxy) is 1. The lowest BCUT2D eigenvalue weighted by atomic mass is 10.2. The first-order valence-corrected chi connectivity index (χ1v) is 10.2. The summed E-state index contributed by atoms with van der Waals surface area (Å²) in [5.41, 5.74) is 0.578. The van der Waals surface area contributed by atoms with E-state index < -0.39 is 21.0 Å². The second kappa shape index (κ2) is 8.56. The fraction of sp³-hybridized carbons (Fsp3) is 0.316. The lowest BCUT2D eigenvalue weighted by Gasteiger charge is -2.16. The molecule has 26 heavy (non-hydrogen) atoms. The average molecular weight is 396 g/mol. The number of nitrogens with one attached hydrogen (secondary N) is 1. The fourth-order valence-electron chi connectivity index (χ4n) is 2.72. The van der Waals surface area contributed by atoms with E-state index in [9.17, 15) is 13.2 Å². The number of hydrogen-bond donors (Lipinski definition) is 1. The second-order valence-corrected chi connectivity index (χ2v) is 8.41. The molecular formula is C19H22ClNO4S. The number of anilines is 1. The lowest BCUT2D eigenvalue weighted by Crippen LogP contribution is -2.20. The minimum absolute atomic E-state index is 0.154.